The summed E-state index contributed by atoms with van der Waals surface area (Å²) in [4.78, 5) is 25.5. The van der Waals surface area contributed by atoms with Gasteiger partial charge < -0.3 is 14.4 Å². The first-order valence-electron chi connectivity index (χ1n) is 7.42. The highest BCUT2D eigenvalue weighted by molar-refractivity contribution is 5.71. The summed E-state index contributed by atoms with van der Waals surface area (Å²) in [6.45, 7) is 10.4. The maximum Gasteiger partial charge on any atom is 0.410 e. The Labute approximate surface area is 121 Å². The summed E-state index contributed by atoms with van der Waals surface area (Å²) in [6.07, 6.45) is 1.81. The normalized spacial score (nSPS) is 22.8. The zero-order chi connectivity index (χ0) is 15.3. The highest BCUT2D eigenvalue weighted by atomic mass is 16.6. The molecule has 0 aromatic heterocycles. The first-order valence-corrected chi connectivity index (χ1v) is 7.42. The van der Waals surface area contributed by atoms with Crippen LogP contribution in [0.2, 0.25) is 0 Å². The number of esters is 1. The van der Waals surface area contributed by atoms with Crippen molar-refractivity contribution in [1.82, 2.24) is 4.90 Å². The number of amides is 1. The van der Waals surface area contributed by atoms with Gasteiger partial charge in [0.25, 0.3) is 0 Å². The Balaban J connectivity index is 2.59. The van der Waals surface area contributed by atoms with Crippen LogP contribution in [0.4, 0.5) is 4.79 Å². The van der Waals surface area contributed by atoms with Gasteiger partial charge in [-0.1, -0.05) is 6.92 Å². The summed E-state index contributed by atoms with van der Waals surface area (Å²) < 4.78 is 10.4. The SMILES string of the molecule is CCOC(=O)CC1C[C@@H](CC)N(C(=O)OC(C)(C)C)C1. The van der Waals surface area contributed by atoms with E-state index >= 15 is 0 Å². The Bertz CT molecular complexity index is 348. The fraction of sp³-hybridized carbons (Fsp3) is 0.867. The Morgan fingerprint density at radius 3 is 2.40 bits per heavy atom. The second kappa shape index (κ2) is 6.95. The number of carbonyl (C=O) groups is 2. The van der Waals surface area contributed by atoms with Crippen molar-refractivity contribution in [2.75, 3.05) is 13.2 Å². The van der Waals surface area contributed by atoms with Crippen molar-refractivity contribution in [2.45, 2.75) is 65.5 Å². The van der Waals surface area contributed by atoms with E-state index in [0.29, 0.717) is 19.6 Å². The smallest absolute Gasteiger partial charge is 0.410 e. The highest BCUT2D eigenvalue weighted by Crippen LogP contribution is 2.29. The van der Waals surface area contributed by atoms with E-state index in [2.05, 4.69) is 6.92 Å². The Morgan fingerprint density at radius 1 is 1.25 bits per heavy atom. The van der Waals surface area contributed by atoms with Crippen molar-refractivity contribution >= 4 is 12.1 Å². The lowest BCUT2D eigenvalue weighted by atomic mass is 10.0. The standard InChI is InChI=1S/C15H27NO4/c1-6-12-8-11(9-13(17)19-7-2)10-16(12)14(18)20-15(3,4)5/h11-12H,6-10H2,1-5H3/t11?,12-/m1/s1. The van der Waals surface area contributed by atoms with E-state index in [1.807, 2.05) is 20.8 Å². The Morgan fingerprint density at radius 2 is 1.90 bits per heavy atom. The third-order valence-corrected chi connectivity index (χ3v) is 3.36. The minimum atomic E-state index is -0.491. The first kappa shape index (κ1) is 16.8. The van der Waals surface area contributed by atoms with E-state index in [4.69, 9.17) is 9.47 Å². The first-order chi connectivity index (χ1) is 9.26. The van der Waals surface area contributed by atoms with Crippen molar-refractivity contribution in [3.05, 3.63) is 0 Å². The fourth-order valence-corrected chi connectivity index (χ4v) is 2.55. The third-order valence-electron chi connectivity index (χ3n) is 3.36. The molecule has 0 aromatic rings. The molecule has 0 aromatic carbocycles. The average molecular weight is 285 g/mol. The highest BCUT2D eigenvalue weighted by Gasteiger charge is 2.37. The lowest BCUT2D eigenvalue weighted by molar-refractivity contribution is -0.144. The molecule has 1 fully saturated rings. The predicted molar refractivity (Wildman–Crippen MR) is 76.4 cm³/mol. The van der Waals surface area contributed by atoms with Gasteiger partial charge in [-0.2, -0.15) is 0 Å². The molecule has 0 saturated carbocycles. The maximum absolute atomic E-state index is 12.2. The van der Waals surface area contributed by atoms with E-state index in [-0.39, 0.29) is 24.0 Å². The second-order valence-corrected chi connectivity index (χ2v) is 6.31. The van der Waals surface area contributed by atoms with Gasteiger partial charge >= 0.3 is 12.1 Å². The third kappa shape index (κ3) is 5.02. The number of carbonyl (C=O) groups excluding carboxylic acids is 2. The fourth-order valence-electron chi connectivity index (χ4n) is 2.55. The second-order valence-electron chi connectivity index (χ2n) is 6.31. The molecule has 0 radical (unpaired) electrons. The van der Waals surface area contributed by atoms with E-state index < -0.39 is 5.60 Å². The Hall–Kier alpha value is -1.26. The van der Waals surface area contributed by atoms with Crippen LogP contribution in [0.5, 0.6) is 0 Å². The Kier molecular flexibility index (Phi) is 5.84. The molecule has 1 aliphatic rings. The van der Waals surface area contributed by atoms with Crippen molar-refractivity contribution in [1.29, 1.82) is 0 Å². The topological polar surface area (TPSA) is 55.8 Å². The average Bonchev–Trinajstić information content (AvgIpc) is 2.70. The van der Waals surface area contributed by atoms with Crippen LogP contribution in [0, 0.1) is 5.92 Å². The molecule has 116 valence electrons. The van der Waals surface area contributed by atoms with E-state index in [9.17, 15) is 9.59 Å². The van der Waals surface area contributed by atoms with Crippen molar-refractivity contribution in [2.24, 2.45) is 5.92 Å². The molecule has 0 aliphatic carbocycles. The minimum Gasteiger partial charge on any atom is -0.466 e. The van der Waals surface area contributed by atoms with Gasteiger partial charge in [-0.05, 0) is 46.5 Å². The van der Waals surface area contributed by atoms with Crippen molar-refractivity contribution < 1.29 is 19.1 Å². The summed E-state index contributed by atoms with van der Waals surface area (Å²) in [5, 5.41) is 0. The number of hydrogen-bond donors (Lipinski definition) is 0. The maximum atomic E-state index is 12.2. The van der Waals surface area contributed by atoms with Gasteiger partial charge in [-0.3, -0.25) is 4.79 Å². The molecule has 1 unspecified atom stereocenters. The molecule has 20 heavy (non-hydrogen) atoms. The molecule has 0 spiro atoms. The van der Waals surface area contributed by atoms with Crippen LogP contribution in [0.1, 0.15) is 53.9 Å². The molecular weight excluding hydrogens is 258 g/mol. The lowest BCUT2D eigenvalue weighted by Gasteiger charge is -2.28. The predicted octanol–water partition coefficient (Wildman–Crippen LogP) is 2.98. The van der Waals surface area contributed by atoms with Crippen LogP contribution in [-0.2, 0) is 14.3 Å². The summed E-state index contributed by atoms with van der Waals surface area (Å²) in [5.74, 6) is -0.00934. The molecule has 5 heteroatoms. The van der Waals surface area contributed by atoms with Crippen molar-refractivity contribution in [3.63, 3.8) is 0 Å². The zero-order valence-electron chi connectivity index (χ0n) is 13.3. The minimum absolute atomic E-state index is 0.157. The molecule has 5 nitrogen and oxygen atoms in total. The van der Waals surface area contributed by atoms with Crippen molar-refractivity contribution in [3.8, 4) is 0 Å². The van der Waals surface area contributed by atoms with E-state index in [1.54, 1.807) is 11.8 Å². The van der Waals surface area contributed by atoms with Gasteiger partial charge in [0.15, 0.2) is 0 Å². The molecule has 0 bridgehead atoms. The molecule has 2 atom stereocenters. The quantitative estimate of drug-likeness (QED) is 0.745. The summed E-state index contributed by atoms with van der Waals surface area (Å²) in [5.41, 5.74) is -0.491. The van der Waals surface area contributed by atoms with Gasteiger partial charge in [-0.15, -0.1) is 0 Å². The lowest BCUT2D eigenvalue weighted by Crippen LogP contribution is -2.39. The van der Waals surface area contributed by atoms with Gasteiger partial charge in [-0.25, -0.2) is 4.79 Å². The summed E-state index contributed by atoms with van der Waals surface area (Å²) >= 11 is 0. The molecule has 0 N–H and O–H groups in total. The van der Waals surface area contributed by atoms with Gasteiger partial charge in [0, 0.05) is 12.6 Å². The van der Waals surface area contributed by atoms with Crippen LogP contribution in [0.15, 0.2) is 0 Å². The number of nitrogens with zero attached hydrogens (tertiary/aromatic N) is 1. The molecular formula is C15H27NO4. The molecule has 1 heterocycles. The largest absolute Gasteiger partial charge is 0.466 e. The van der Waals surface area contributed by atoms with Gasteiger partial charge in [0.1, 0.15) is 5.60 Å². The number of hydrogen-bond acceptors (Lipinski definition) is 4. The summed E-state index contributed by atoms with van der Waals surface area (Å²) in [6, 6.07) is 0.157. The van der Waals surface area contributed by atoms with Gasteiger partial charge in [0.05, 0.1) is 13.0 Å². The van der Waals surface area contributed by atoms with E-state index in [0.717, 1.165) is 12.8 Å². The van der Waals surface area contributed by atoms with Crippen LogP contribution in [0.25, 0.3) is 0 Å². The van der Waals surface area contributed by atoms with E-state index in [1.165, 1.54) is 0 Å². The van der Waals surface area contributed by atoms with Crippen LogP contribution < -0.4 is 0 Å². The molecule has 1 aliphatic heterocycles. The van der Waals surface area contributed by atoms with Crippen LogP contribution in [0.3, 0.4) is 0 Å². The molecule has 1 rings (SSSR count). The molecule has 1 amide bonds. The molecule has 1 saturated heterocycles. The monoisotopic (exact) mass is 285 g/mol. The zero-order valence-corrected chi connectivity index (χ0v) is 13.3. The number of ether oxygens (including phenoxy) is 2. The summed E-state index contributed by atoms with van der Waals surface area (Å²) in [7, 11) is 0. The van der Waals surface area contributed by atoms with Crippen LogP contribution in [-0.4, -0.2) is 41.8 Å². The number of likely N-dealkylation sites (tertiary alicyclic amines) is 1. The van der Waals surface area contributed by atoms with Crippen LogP contribution >= 0.6 is 0 Å². The number of rotatable bonds is 4. The van der Waals surface area contributed by atoms with Gasteiger partial charge in [0.2, 0.25) is 0 Å².